The molecular formula is C16H19FN2O2. The van der Waals surface area contributed by atoms with Gasteiger partial charge in [-0.15, -0.1) is 0 Å². The minimum atomic E-state index is -0.465. The summed E-state index contributed by atoms with van der Waals surface area (Å²) in [4.78, 5) is 14.2. The Hall–Kier alpha value is -1.90. The van der Waals surface area contributed by atoms with Crippen LogP contribution in [0, 0.1) is 23.6 Å². The number of nitrogens with zero attached hydrogens (tertiary/aromatic N) is 1. The predicted octanol–water partition coefficient (Wildman–Crippen LogP) is 0.980. The van der Waals surface area contributed by atoms with Gasteiger partial charge in [-0.25, -0.2) is 4.39 Å². The third kappa shape index (κ3) is 3.81. The molecule has 1 amide bonds. The van der Waals surface area contributed by atoms with Crippen LogP contribution < -0.4 is 5.73 Å². The van der Waals surface area contributed by atoms with E-state index in [9.17, 15) is 14.3 Å². The summed E-state index contributed by atoms with van der Waals surface area (Å²) in [5.41, 5.74) is 6.08. The molecule has 1 aromatic carbocycles. The van der Waals surface area contributed by atoms with Gasteiger partial charge in [-0.2, -0.15) is 0 Å². The number of hydrogen-bond donors (Lipinski definition) is 2. The van der Waals surface area contributed by atoms with Gasteiger partial charge < -0.3 is 15.7 Å². The molecule has 4 nitrogen and oxygen atoms in total. The lowest BCUT2D eigenvalue weighted by Crippen LogP contribution is -2.41. The fourth-order valence-electron chi connectivity index (χ4n) is 2.52. The first-order chi connectivity index (χ1) is 10.2. The zero-order valence-electron chi connectivity index (χ0n) is 11.8. The first kappa shape index (κ1) is 15.5. The van der Waals surface area contributed by atoms with Crippen LogP contribution in [-0.4, -0.2) is 42.2 Å². The molecule has 1 aliphatic rings. The van der Waals surface area contributed by atoms with E-state index in [1.165, 1.54) is 18.2 Å². The van der Waals surface area contributed by atoms with Gasteiger partial charge in [0.2, 0.25) is 0 Å². The fraction of sp³-hybridized carbons (Fsp3) is 0.438. The first-order valence-corrected chi connectivity index (χ1v) is 7.04. The number of rotatable bonds is 2. The molecule has 21 heavy (non-hydrogen) atoms. The molecule has 0 spiro atoms. The Balaban J connectivity index is 2.27. The Labute approximate surface area is 123 Å². The number of aliphatic hydroxyl groups is 1. The number of piperidine rings is 1. The van der Waals surface area contributed by atoms with E-state index in [-0.39, 0.29) is 30.5 Å². The lowest BCUT2D eigenvalue weighted by Gasteiger charge is -2.32. The van der Waals surface area contributed by atoms with Crippen molar-refractivity contribution in [3.05, 3.63) is 35.1 Å². The van der Waals surface area contributed by atoms with Crippen LogP contribution in [-0.2, 0) is 0 Å². The molecule has 3 N–H and O–H groups in total. The van der Waals surface area contributed by atoms with Gasteiger partial charge in [-0.1, -0.05) is 11.8 Å². The highest BCUT2D eigenvalue weighted by Crippen LogP contribution is 2.20. The maximum Gasteiger partial charge on any atom is 0.255 e. The summed E-state index contributed by atoms with van der Waals surface area (Å²) in [5, 5.41) is 9.24. The minimum absolute atomic E-state index is 0.0623. The smallest absolute Gasteiger partial charge is 0.255 e. The third-order valence-corrected chi connectivity index (χ3v) is 3.60. The molecule has 1 heterocycles. The largest absolute Gasteiger partial charge is 0.396 e. The highest BCUT2D eigenvalue weighted by atomic mass is 19.1. The number of nitrogens with two attached hydrogens (primary N) is 1. The van der Waals surface area contributed by atoms with E-state index in [0.29, 0.717) is 18.7 Å². The van der Waals surface area contributed by atoms with Crippen molar-refractivity contribution in [1.82, 2.24) is 4.90 Å². The van der Waals surface area contributed by atoms with E-state index in [0.717, 1.165) is 12.8 Å². The molecule has 112 valence electrons. The predicted molar refractivity (Wildman–Crippen MR) is 78.0 cm³/mol. The number of amides is 1. The number of carbonyl (C=O) groups is 1. The normalized spacial score (nSPS) is 18.0. The van der Waals surface area contributed by atoms with E-state index in [1.807, 2.05) is 0 Å². The monoisotopic (exact) mass is 290 g/mol. The topological polar surface area (TPSA) is 66.6 Å². The zero-order valence-corrected chi connectivity index (χ0v) is 11.8. The van der Waals surface area contributed by atoms with Gasteiger partial charge in [-0.3, -0.25) is 4.79 Å². The molecule has 1 fully saturated rings. The molecule has 0 radical (unpaired) electrons. The molecule has 1 aromatic rings. The van der Waals surface area contributed by atoms with Gasteiger partial charge >= 0.3 is 0 Å². The molecule has 1 saturated heterocycles. The molecule has 1 aliphatic heterocycles. The van der Waals surface area contributed by atoms with Crippen LogP contribution in [0.3, 0.4) is 0 Å². The molecule has 1 unspecified atom stereocenters. The van der Waals surface area contributed by atoms with Crippen LogP contribution in [0.15, 0.2) is 18.2 Å². The number of hydrogen-bond acceptors (Lipinski definition) is 3. The summed E-state index contributed by atoms with van der Waals surface area (Å²) in [5.74, 6) is 4.88. The Morgan fingerprint density at radius 3 is 3.05 bits per heavy atom. The number of benzene rings is 1. The van der Waals surface area contributed by atoms with Crippen molar-refractivity contribution in [2.45, 2.75) is 12.8 Å². The number of aliphatic hydroxyl groups excluding tert-OH is 1. The van der Waals surface area contributed by atoms with Gasteiger partial charge in [0.15, 0.2) is 0 Å². The van der Waals surface area contributed by atoms with Crippen molar-refractivity contribution in [3.8, 4) is 11.8 Å². The Morgan fingerprint density at radius 1 is 1.52 bits per heavy atom. The number of likely N-dealkylation sites (tertiary alicyclic amines) is 1. The highest BCUT2D eigenvalue weighted by molar-refractivity contribution is 5.96. The average Bonchev–Trinajstić information content (AvgIpc) is 2.53. The summed E-state index contributed by atoms with van der Waals surface area (Å²) in [6, 6.07) is 3.99. The van der Waals surface area contributed by atoms with E-state index in [2.05, 4.69) is 11.8 Å². The average molecular weight is 290 g/mol. The quantitative estimate of drug-likeness (QED) is 0.798. The molecule has 0 saturated carbocycles. The Kier molecular flexibility index (Phi) is 5.32. The SMILES string of the molecule is NCC#Cc1ccc(F)cc1C(=O)N1CCCC(CO)C1. The summed E-state index contributed by atoms with van der Waals surface area (Å²) >= 11 is 0. The van der Waals surface area contributed by atoms with Crippen molar-refractivity contribution >= 4 is 5.91 Å². The van der Waals surface area contributed by atoms with Crippen molar-refractivity contribution in [2.75, 3.05) is 26.2 Å². The van der Waals surface area contributed by atoms with Gasteiger partial charge in [0, 0.05) is 25.3 Å². The van der Waals surface area contributed by atoms with E-state index >= 15 is 0 Å². The number of halogens is 1. The number of carbonyl (C=O) groups excluding carboxylic acids is 1. The molecule has 5 heteroatoms. The van der Waals surface area contributed by atoms with Crippen LogP contribution in [0.1, 0.15) is 28.8 Å². The Morgan fingerprint density at radius 2 is 2.33 bits per heavy atom. The summed E-state index contributed by atoms with van der Waals surface area (Å²) < 4.78 is 13.5. The van der Waals surface area contributed by atoms with Gasteiger partial charge in [-0.05, 0) is 37.0 Å². The lowest BCUT2D eigenvalue weighted by atomic mass is 9.97. The molecule has 2 rings (SSSR count). The lowest BCUT2D eigenvalue weighted by molar-refractivity contribution is 0.0620. The summed E-state index contributed by atoms with van der Waals surface area (Å²) in [6.07, 6.45) is 1.75. The molecule has 1 atom stereocenters. The summed E-state index contributed by atoms with van der Waals surface area (Å²) in [7, 11) is 0. The second-order valence-corrected chi connectivity index (χ2v) is 5.14. The van der Waals surface area contributed by atoms with Crippen molar-refractivity contribution < 1.29 is 14.3 Å². The molecule has 0 aromatic heterocycles. The fourth-order valence-corrected chi connectivity index (χ4v) is 2.52. The van der Waals surface area contributed by atoms with Crippen molar-refractivity contribution in [2.24, 2.45) is 11.7 Å². The molecular weight excluding hydrogens is 271 g/mol. The first-order valence-electron chi connectivity index (χ1n) is 7.04. The second kappa shape index (κ2) is 7.21. The molecule has 0 bridgehead atoms. The van der Waals surface area contributed by atoms with E-state index in [4.69, 9.17) is 5.73 Å². The van der Waals surface area contributed by atoms with Crippen molar-refractivity contribution in [1.29, 1.82) is 0 Å². The zero-order chi connectivity index (χ0) is 15.2. The minimum Gasteiger partial charge on any atom is -0.396 e. The van der Waals surface area contributed by atoms with Crippen LogP contribution in [0.4, 0.5) is 4.39 Å². The Bertz CT molecular complexity index is 577. The van der Waals surface area contributed by atoms with E-state index in [1.54, 1.807) is 4.90 Å². The third-order valence-electron chi connectivity index (χ3n) is 3.60. The maximum atomic E-state index is 13.5. The van der Waals surface area contributed by atoms with Crippen molar-refractivity contribution in [3.63, 3.8) is 0 Å². The van der Waals surface area contributed by atoms with Gasteiger partial charge in [0.25, 0.3) is 5.91 Å². The summed E-state index contributed by atoms with van der Waals surface area (Å²) in [6.45, 7) is 1.36. The van der Waals surface area contributed by atoms with Crippen LogP contribution >= 0.6 is 0 Å². The van der Waals surface area contributed by atoms with Crippen LogP contribution in [0.25, 0.3) is 0 Å². The van der Waals surface area contributed by atoms with Crippen LogP contribution in [0.2, 0.25) is 0 Å². The standard InChI is InChI=1S/C16H19FN2O2/c17-14-6-5-13(4-1-7-18)15(9-14)16(21)19-8-2-3-12(10-19)11-20/h5-6,9,12,20H,2-3,7-8,10-11,18H2. The second-order valence-electron chi connectivity index (χ2n) is 5.14. The van der Waals surface area contributed by atoms with E-state index < -0.39 is 5.82 Å². The van der Waals surface area contributed by atoms with Gasteiger partial charge in [0.1, 0.15) is 5.82 Å². The maximum absolute atomic E-state index is 13.5. The van der Waals surface area contributed by atoms with Crippen LogP contribution in [0.5, 0.6) is 0 Å². The van der Waals surface area contributed by atoms with Gasteiger partial charge in [0.05, 0.1) is 12.1 Å². The highest BCUT2D eigenvalue weighted by Gasteiger charge is 2.25. The molecule has 0 aliphatic carbocycles.